The van der Waals surface area contributed by atoms with Crippen LogP contribution in [-0.2, 0) is 6.18 Å². The van der Waals surface area contributed by atoms with E-state index in [4.69, 9.17) is 0 Å². The average molecular weight is 419 g/mol. The van der Waals surface area contributed by atoms with E-state index in [0.29, 0.717) is 29.0 Å². The summed E-state index contributed by atoms with van der Waals surface area (Å²) in [5, 5.41) is 0. The Morgan fingerprint density at radius 2 is 1.76 bits per heavy atom. The van der Waals surface area contributed by atoms with Crippen molar-refractivity contribution in [3.8, 4) is 0 Å². The summed E-state index contributed by atoms with van der Waals surface area (Å²) in [7, 11) is 0. The van der Waals surface area contributed by atoms with Crippen LogP contribution in [0.1, 0.15) is 32.3 Å². The second-order valence-corrected chi connectivity index (χ2v) is 9.35. The number of alkyl halides is 3. The van der Waals surface area contributed by atoms with Gasteiger partial charge in [-0.15, -0.1) is 0 Å². The molecule has 0 amide bonds. The maximum Gasteiger partial charge on any atom is 0.424 e. The van der Waals surface area contributed by atoms with Crippen LogP contribution >= 0.6 is 11.8 Å². The minimum atomic E-state index is -4.42. The molecule has 154 valence electrons. The van der Waals surface area contributed by atoms with Crippen LogP contribution in [0.25, 0.3) is 0 Å². The number of piperidine rings is 1. The molecule has 2 aliphatic heterocycles. The zero-order chi connectivity index (χ0) is 20.6. The van der Waals surface area contributed by atoms with Crippen molar-refractivity contribution >= 4 is 23.1 Å². The van der Waals surface area contributed by atoms with Crippen molar-refractivity contribution in [2.75, 3.05) is 31.1 Å². The number of anilines is 2. The molecular weight excluding hydrogens is 393 g/mol. The predicted molar refractivity (Wildman–Crippen MR) is 111 cm³/mol. The van der Waals surface area contributed by atoms with Gasteiger partial charge in [0.05, 0.1) is 16.3 Å². The zero-order valence-corrected chi connectivity index (χ0v) is 17.5. The second kappa shape index (κ2) is 8.12. The third-order valence-electron chi connectivity index (χ3n) is 5.59. The first-order chi connectivity index (χ1) is 13.8. The van der Waals surface area contributed by atoms with Crippen LogP contribution in [0.15, 0.2) is 40.1 Å². The molecule has 0 saturated carbocycles. The highest BCUT2D eigenvalue weighted by molar-refractivity contribution is 7.99. The Bertz CT molecular complexity index is 857. The van der Waals surface area contributed by atoms with Gasteiger partial charge in [0.15, 0.2) is 0 Å². The molecule has 1 fully saturated rings. The van der Waals surface area contributed by atoms with Gasteiger partial charge in [0.2, 0.25) is 0 Å². The number of hydrogen-bond donors (Lipinski definition) is 0. The summed E-state index contributed by atoms with van der Waals surface area (Å²) in [5.74, 6) is 1.40. The van der Waals surface area contributed by atoms with Gasteiger partial charge < -0.3 is 9.80 Å². The van der Waals surface area contributed by atoms with Gasteiger partial charge in [-0.1, -0.05) is 49.9 Å². The van der Waals surface area contributed by atoms with E-state index in [1.165, 1.54) is 24.2 Å². The van der Waals surface area contributed by atoms with E-state index in [0.717, 1.165) is 36.6 Å². The highest BCUT2D eigenvalue weighted by Gasteiger charge is 2.33. The summed E-state index contributed by atoms with van der Waals surface area (Å²) in [6, 6.07) is 14.2. The van der Waals surface area contributed by atoms with Crippen LogP contribution in [0.4, 0.5) is 24.5 Å². The number of para-hydroxylation sites is 1. The number of fused-ring (bicyclic) bond motifs is 2. The quantitative estimate of drug-likeness (QED) is 0.577. The lowest BCUT2D eigenvalue weighted by atomic mass is 9.92. The van der Waals surface area contributed by atoms with Crippen molar-refractivity contribution in [3.05, 3.63) is 48.0 Å². The summed E-state index contributed by atoms with van der Waals surface area (Å²) in [4.78, 5) is 6.27. The fourth-order valence-corrected chi connectivity index (χ4v) is 5.56. The fourth-order valence-electron chi connectivity index (χ4n) is 4.53. The molecule has 2 heterocycles. The summed E-state index contributed by atoms with van der Waals surface area (Å²) < 4.78 is 39.8. The van der Waals surface area contributed by atoms with Gasteiger partial charge in [-0.05, 0) is 49.4 Å². The van der Waals surface area contributed by atoms with Gasteiger partial charge in [0.1, 0.15) is 5.56 Å². The topological polar surface area (TPSA) is 6.48 Å². The number of hydrogen-bond acceptors (Lipinski definition) is 3. The first kappa shape index (κ1) is 20.4. The van der Waals surface area contributed by atoms with Gasteiger partial charge >= 0.3 is 6.18 Å². The van der Waals surface area contributed by atoms with Gasteiger partial charge in [0, 0.05) is 24.5 Å². The minimum absolute atomic E-state index is 0.583. The molecule has 2 nitrogen and oxygen atoms in total. The van der Waals surface area contributed by atoms with Crippen molar-refractivity contribution in [1.29, 1.82) is 0 Å². The molecule has 6 heteroatoms. The first-order valence-electron chi connectivity index (χ1n) is 10.1. The van der Waals surface area contributed by atoms with E-state index in [1.54, 1.807) is 0 Å². The Kier molecular flexibility index (Phi) is 5.72. The lowest BCUT2D eigenvalue weighted by Gasteiger charge is -2.36. The highest BCUT2D eigenvalue weighted by Crippen LogP contribution is 2.48. The number of halogens is 3. The minimum Gasteiger partial charge on any atom is -0.339 e. The molecule has 29 heavy (non-hydrogen) atoms. The maximum atomic E-state index is 13.3. The van der Waals surface area contributed by atoms with Crippen molar-refractivity contribution in [2.45, 2.75) is 42.7 Å². The Labute approximate surface area is 175 Å². The van der Waals surface area contributed by atoms with Crippen LogP contribution < -0.4 is 4.90 Å². The van der Waals surface area contributed by atoms with E-state index < -0.39 is 11.7 Å². The van der Waals surface area contributed by atoms with Crippen molar-refractivity contribution < 1.29 is 13.2 Å². The molecular formula is C23H25F3N2S. The predicted octanol–water partition coefficient (Wildman–Crippen LogP) is 6.28. The number of likely N-dealkylation sites (tertiary alicyclic amines) is 1. The fraction of sp³-hybridized carbons (Fsp3) is 0.478. The van der Waals surface area contributed by atoms with Crippen LogP contribution in [0, 0.1) is 24.0 Å². The van der Waals surface area contributed by atoms with E-state index in [9.17, 15) is 13.2 Å². The molecule has 0 aromatic heterocycles. The Morgan fingerprint density at radius 3 is 2.48 bits per heavy atom. The Balaban J connectivity index is 1.55. The van der Waals surface area contributed by atoms with E-state index in [1.807, 2.05) is 29.2 Å². The molecule has 2 aliphatic rings. The molecule has 2 unspecified atom stereocenters. The smallest absolute Gasteiger partial charge is 0.339 e. The Hall–Kier alpha value is -1.84. The van der Waals surface area contributed by atoms with Gasteiger partial charge in [0.25, 0.3) is 0 Å². The largest absolute Gasteiger partial charge is 0.424 e. The van der Waals surface area contributed by atoms with Gasteiger partial charge in [-0.25, -0.2) is 0 Å². The number of nitrogens with zero attached hydrogens (tertiary/aromatic N) is 2. The van der Waals surface area contributed by atoms with E-state index in [-0.39, 0.29) is 0 Å². The van der Waals surface area contributed by atoms with Crippen LogP contribution in [-0.4, -0.2) is 31.1 Å². The lowest BCUT2D eigenvalue weighted by Crippen LogP contribution is -2.40. The third-order valence-corrected chi connectivity index (χ3v) is 6.67. The van der Waals surface area contributed by atoms with E-state index in [2.05, 4.69) is 30.9 Å². The van der Waals surface area contributed by atoms with Gasteiger partial charge in [-0.3, -0.25) is 0 Å². The summed E-state index contributed by atoms with van der Waals surface area (Å²) in [6.07, 6.45) is -2.25. The van der Waals surface area contributed by atoms with Crippen LogP contribution in [0.5, 0.6) is 0 Å². The Morgan fingerprint density at radius 1 is 1.03 bits per heavy atom. The average Bonchev–Trinajstić information content (AvgIpc) is 2.65. The highest BCUT2D eigenvalue weighted by atomic mass is 32.2. The van der Waals surface area contributed by atoms with Crippen molar-refractivity contribution in [3.63, 3.8) is 0 Å². The SMILES string of the molecule is CC1CC(C)CN(CCCN2c3cc(C(F)(F)F)c#cc3Sc3ccccc32)C1. The van der Waals surface area contributed by atoms with Crippen molar-refractivity contribution in [2.24, 2.45) is 11.8 Å². The second-order valence-electron chi connectivity index (χ2n) is 8.30. The zero-order valence-electron chi connectivity index (χ0n) is 16.7. The molecule has 0 aliphatic carbocycles. The molecule has 1 saturated heterocycles. The monoisotopic (exact) mass is 418 g/mol. The van der Waals surface area contributed by atoms with Crippen LogP contribution in [0.2, 0.25) is 0 Å². The molecule has 0 bridgehead atoms. The standard InChI is InChI=1S/C23H25F3N2S/c1-16-12-17(2)15-27(14-16)10-5-11-28-19-6-3-4-7-21(19)29-22-9-8-18(13-20(22)28)23(24,25)26/h3-4,6-7,13,16-17H,5,10-12,14-15H2,1-2H3. The number of benzene rings is 1. The first-order valence-corrected chi connectivity index (χ1v) is 10.9. The molecule has 0 radical (unpaired) electrons. The molecule has 0 N–H and O–H groups in total. The third kappa shape index (κ3) is 4.51. The normalized spacial score (nSPS) is 22.0. The molecule has 2 aromatic carbocycles. The molecule has 4 rings (SSSR count). The summed E-state index contributed by atoms with van der Waals surface area (Å²) in [5.41, 5.74) is 0.790. The molecule has 2 aromatic rings. The molecule has 0 spiro atoms. The maximum absolute atomic E-state index is 13.3. The van der Waals surface area contributed by atoms with Gasteiger partial charge in [-0.2, -0.15) is 13.2 Å². The number of rotatable bonds is 4. The summed E-state index contributed by atoms with van der Waals surface area (Å²) in [6.45, 7) is 8.44. The molecule has 2 atom stereocenters. The lowest BCUT2D eigenvalue weighted by molar-refractivity contribution is -0.137. The van der Waals surface area contributed by atoms with Crippen molar-refractivity contribution in [1.82, 2.24) is 4.90 Å². The summed E-state index contributed by atoms with van der Waals surface area (Å²) >= 11 is 1.46. The van der Waals surface area contributed by atoms with Crippen LogP contribution in [0.3, 0.4) is 0 Å². The van der Waals surface area contributed by atoms with E-state index >= 15 is 0 Å².